The minimum atomic E-state index is -0.346. The van der Waals surface area contributed by atoms with Gasteiger partial charge in [-0.2, -0.15) is 4.98 Å². The number of aryl methyl sites for hydroxylation is 2. The number of ether oxygens (including phenoxy) is 1. The molecule has 1 aliphatic rings. The van der Waals surface area contributed by atoms with Gasteiger partial charge in [-0.25, -0.2) is 0 Å². The van der Waals surface area contributed by atoms with Gasteiger partial charge in [-0.15, -0.1) is 12.4 Å². The minimum absolute atomic E-state index is 0. The molecule has 1 saturated carbocycles. The Bertz CT molecular complexity index is 594. The highest BCUT2D eigenvalue weighted by Crippen LogP contribution is 2.36. The van der Waals surface area contributed by atoms with Crippen molar-refractivity contribution in [1.82, 2.24) is 10.1 Å². The molecule has 22 heavy (non-hydrogen) atoms. The molecule has 1 aliphatic carbocycles. The Labute approximate surface area is 136 Å². The molecule has 6 heteroatoms. The second-order valence-corrected chi connectivity index (χ2v) is 5.60. The van der Waals surface area contributed by atoms with E-state index >= 15 is 0 Å². The number of aromatic nitrogens is 2. The Morgan fingerprint density at radius 2 is 1.95 bits per heavy atom. The molecule has 2 aromatic rings. The van der Waals surface area contributed by atoms with Crippen molar-refractivity contribution in [2.75, 3.05) is 6.61 Å². The van der Waals surface area contributed by atoms with Crippen molar-refractivity contribution in [3.8, 4) is 5.75 Å². The van der Waals surface area contributed by atoms with E-state index in [0.717, 1.165) is 37.9 Å². The zero-order valence-corrected chi connectivity index (χ0v) is 13.6. The van der Waals surface area contributed by atoms with E-state index in [1.54, 1.807) is 0 Å². The topological polar surface area (TPSA) is 74.2 Å². The molecule has 0 spiro atoms. The lowest BCUT2D eigenvalue weighted by molar-refractivity contribution is 0.229. The molecule has 5 nitrogen and oxygen atoms in total. The summed E-state index contributed by atoms with van der Waals surface area (Å²) in [5.41, 5.74) is 7.07. The molecule has 0 saturated heterocycles. The number of nitrogens with zero attached hydrogens (tertiary/aromatic N) is 2. The van der Waals surface area contributed by atoms with Crippen molar-refractivity contribution in [1.29, 1.82) is 0 Å². The summed E-state index contributed by atoms with van der Waals surface area (Å²) in [7, 11) is 0. The molecule has 2 N–H and O–H groups in total. The van der Waals surface area contributed by atoms with E-state index in [1.807, 2.05) is 19.1 Å². The molecule has 1 aromatic carbocycles. The molecular formula is C16H22ClN3O2. The van der Waals surface area contributed by atoms with E-state index in [2.05, 4.69) is 22.3 Å². The molecule has 0 amide bonds. The fourth-order valence-electron chi connectivity index (χ4n) is 2.51. The van der Waals surface area contributed by atoms with Crippen LogP contribution in [0.5, 0.6) is 5.75 Å². The van der Waals surface area contributed by atoms with Crippen LogP contribution in [0.2, 0.25) is 0 Å². The van der Waals surface area contributed by atoms with E-state index in [4.69, 9.17) is 15.0 Å². The minimum Gasteiger partial charge on any atom is -0.494 e. The maximum Gasteiger partial charge on any atom is 0.227 e. The Kier molecular flexibility index (Phi) is 5.42. The zero-order chi connectivity index (χ0) is 14.7. The maximum absolute atomic E-state index is 6.19. The predicted molar refractivity (Wildman–Crippen MR) is 86.3 cm³/mol. The number of rotatable bonds is 6. The standard InChI is InChI=1S/C16H21N3O2.ClH/c1-2-20-13-7-4-12(5-8-13)6-9-14-18-15(19-21-14)16(17)10-3-11-16;/h4-5,7-8H,2-3,6,9-11,17H2,1H3;1H. The van der Waals surface area contributed by atoms with Gasteiger partial charge >= 0.3 is 0 Å². The summed E-state index contributed by atoms with van der Waals surface area (Å²) >= 11 is 0. The fourth-order valence-corrected chi connectivity index (χ4v) is 2.51. The Hall–Kier alpha value is -1.59. The molecule has 0 bridgehead atoms. The molecule has 1 fully saturated rings. The molecule has 120 valence electrons. The quantitative estimate of drug-likeness (QED) is 0.884. The number of nitrogens with two attached hydrogens (primary N) is 1. The average Bonchev–Trinajstić information content (AvgIpc) is 2.94. The van der Waals surface area contributed by atoms with Crippen molar-refractivity contribution in [2.45, 2.75) is 44.6 Å². The van der Waals surface area contributed by atoms with E-state index in [-0.39, 0.29) is 17.9 Å². The van der Waals surface area contributed by atoms with Crippen molar-refractivity contribution >= 4 is 12.4 Å². The van der Waals surface area contributed by atoms with Crippen LogP contribution in [0.1, 0.15) is 43.5 Å². The average molecular weight is 324 g/mol. The highest BCUT2D eigenvalue weighted by Gasteiger charge is 2.38. The van der Waals surface area contributed by atoms with Crippen LogP contribution in [0.25, 0.3) is 0 Å². The first kappa shape index (κ1) is 16.8. The van der Waals surface area contributed by atoms with Gasteiger partial charge in [-0.3, -0.25) is 0 Å². The van der Waals surface area contributed by atoms with Gasteiger partial charge in [0.1, 0.15) is 5.75 Å². The van der Waals surface area contributed by atoms with E-state index in [9.17, 15) is 0 Å². The molecular weight excluding hydrogens is 302 g/mol. The third-order valence-corrected chi connectivity index (χ3v) is 4.02. The Morgan fingerprint density at radius 1 is 1.23 bits per heavy atom. The fraction of sp³-hybridized carbons (Fsp3) is 0.500. The maximum atomic E-state index is 6.19. The van der Waals surface area contributed by atoms with Gasteiger partial charge in [0.05, 0.1) is 12.1 Å². The second-order valence-electron chi connectivity index (χ2n) is 5.60. The molecule has 0 unspecified atom stereocenters. The first-order valence-corrected chi connectivity index (χ1v) is 7.53. The van der Waals surface area contributed by atoms with Crippen molar-refractivity contribution in [3.63, 3.8) is 0 Å². The highest BCUT2D eigenvalue weighted by molar-refractivity contribution is 5.85. The number of hydrogen-bond acceptors (Lipinski definition) is 5. The Balaban J connectivity index is 0.00000176. The van der Waals surface area contributed by atoms with E-state index < -0.39 is 0 Å². The first-order chi connectivity index (χ1) is 10.2. The predicted octanol–water partition coefficient (Wildman–Crippen LogP) is 3.01. The normalized spacial score (nSPS) is 15.7. The van der Waals surface area contributed by atoms with E-state index in [0.29, 0.717) is 18.3 Å². The van der Waals surface area contributed by atoms with Crippen molar-refractivity contribution in [2.24, 2.45) is 5.73 Å². The van der Waals surface area contributed by atoms with Gasteiger partial charge in [-0.05, 0) is 50.3 Å². The molecule has 0 atom stereocenters. The van der Waals surface area contributed by atoms with Crippen LogP contribution in [0.15, 0.2) is 28.8 Å². The van der Waals surface area contributed by atoms with Gasteiger partial charge in [0.15, 0.2) is 5.82 Å². The summed E-state index contributed by atoms with van der Waals surface area (Å²) < 4.78 is 10.7. The monoisotopic (exact) mass is 323 g/mol. The van der Waals surface area contributed by atoms with Crippen molar-refractivity contribution in [3.05, 3.63) is 41.5 Å². The van der Waals surface area contributed by atoms with Crippen LogP contribution < -0.4 is 10.5 Å². The largest absolute Gasteiger partial charge is 0.494 e. The third-order valence-electron chi connectivity index (χ3n) is 4.02. The number of hydrogen-bond donors (Lipinski definition) is 1. The summed E-state index contributed by atoms with van der Waals surface area (Å²) in [5, 5.41) is 4.03. The first-order valence-electron chi connectivity index (χ1n) is 7.53. The molecule has 1 heterocycles. The smallest absolute Gasteiger partial charge is 0.227 e. The number of halogens is 1. The SMILES string of the molecule is CCOc1ccc(CCc2nc(C3(N)CCC3)no2)cc1.Cl. The van der Waals surface area contributed by atoms with Gasteiger partial charge < -0.3 is 15.0 Å². The van der Waals surface area contributed by atoms with Crippen LogP contribution in [0, 0.1) is 0 Å². The van der Waals surface area contributed by atoms with Crippen LogP contribution in [0.3, 0.4) is 0 Å². The highest BCUT2D eigenvalue weighted by atomic mass is 35.5. The van der Waals surface area contributed by atoms with Crippen LogP contribution in [-0.2, 0) is 18.4 Å². The summed E-state index contributed by atoms with van der Waals surface area (Å²) in [4.78, 5) is 4.44. The third kappa shape index (κ3) is 3.59. The van der Waals surface area contributed by atoms with Gasteiger partial charge in [-0.1, -0.05) is 17.3 Å². The summed E-state index contributed by atoms with van der Waals surface area (Å²) in [6.45, 7) is 2.67. The van der Waals surface area contributed by atoms with Crippen LogP contribution in [-0.4, -0.2) is 16.7 Å². The lowest BCUT2D eigenvalue weighted by Crippen LogP contribution is -2.44. The lowest BCUT2D eigenvalue weighted by atomic mass is 9.77. The van der Waals surface area contributed by atoms with E-state index in [1.165, 1.54) is 5.56 Å². The zero-order valence-electron chi connectivity index (χ0n) is 12.7. The molecule has 0 aliphatic heterocycles. The van der Waals surface area contributed by atoms with Gasteiger partial charge in [0.25, 0.3) is 0 Å². The van der Waals surface area contributed by atoms with Crippen LogP contribution >= 0.6 is 12.4 Å². The summed E-state index contributed by atoms with van der Waals surface area (Å²) in [6, 6.07) is 8.11. The summed E-state index contributed by atoms with van der Waals surface area (Å²) in [5.74, 6) is 2.22. The second kappa shape index (κ2) is 7.11. The van der Waals surface area contributed by atoms with Crippen LogP contribution in [0.4, 0.5) is 0 Å². The molecule has 3 rings (SSSR count). The molecule has 0 radical (unpaired) electrons. The summed E-state index contributed by atoms with van der Waals surface area (Å²) in [6.07, 6.45) is 4.64. The van der Waals surface area contributed by atoms with Gasteiger partial charge in [0.2, 0.25) is 5.89 Å². The lowest BCUT2D eigenvalue weighted by Gasteiger charge is -2.34. The molecule has 1 aromatic heterocycles. The van der Waals surface area contributed by atoms with Gasteiger partial charge in [0, 0.05) is 6.42 Å². The Morgan fingerprint density at radius 3 is 2.55 bits per heavy atom. The number of benzene rings is 1. The van der Waals surface area contributed by atoms with Crippen molar-refractivity contribution < 1.29 is 9.26 Å².